The lowest BCUT2D eigenvalue weighted by Gasteiger charge is -2.32. The molecular weight excluding hydrogens is 380 g/mol. The van der Waals surface area contributed by atoms with Crippen molar-refractivity contribution in [2.24, 2.45) is 11.1 Å². The Kier molecular flexibility index (Phi) is 6.67. The molecule has 3 heterocycles. The predicted molar refractivity (Wildman–Crippen MR) is 116 cm³/mol. The van der Waals surface area contributed by atoms with Crippen molar-refractivity contribution < 1.29 is 14.7 Å². The van der Waals surface area contributed by atoms with Crippen LogP contribution >= 0.6 is 0 Å². The van der Waals surface area contributed by atoms with Gasteiger partial charge in [0, 0.05) is 38.0 Å². The molecule has 1 unspecified atom stereocenters. The lowest BCUT2D eigenvalue weighted by atomic mass is 9.93. The van der Waals surface area contributed by atoms with Crippen molar-refractivity contribution >= 4 is 17.5 Å². The number of hydrogen-bond donors (Lipinski definition) is 2. The van der Waals surface area contributed by atoms with Crippen LogP contribution in [0.1, 0.15) is 56.1 Å². The second-order valence-electron chi connectivity index (χ2n) is 8.79. The van der Waals surface area contributed by atoms with E-state index in [1.54, 1.807) is 0 Å². The van der Waals surface area contributed by atoms with Crippen LogP contribution in [0.25, 0.3) is 0 Å². The van der Waals surface area contributed by atoms with Crippen LogP contribution in [0.4, 0.5) is 0 Å². The number of amidine groups is 1. The van der Waals surface area contributed by atoms with Crippen molar-refractivity contribution in [3.8, 4) is 0 Å². The van der Waals surface area contributed by atoms with Crippen LogP contribution in [0.15, 0.2) is 29.4 Å². The fraction of sp³-hybridized carbons (Fsp3) is 0.609. The molecule has 0 bridgehead atoms. The van der Waals surface area contributed by atoms with E-state index in [9.17, 15) is 4.79 Å². The molecule has 4 rings (SSSR count). The third-order valence-electron chi connectivity index (χ3n) is 6.53. The zero-order valence-corrected chi connectivity index (χ0v) is 17.6. The van der Waals surface area contributed by atoms with Crippen LogP contribution in [-0.2, 0) is 9.63 Å². The summed E-state index contributed by atoms with van der Waals surface area (Å²) in [7, 11) is 0. The Hall–Kier alpha value is -2.41. The van der Waals surface area contributed by atoms with Crippen LogP contribution < -0.4 is 0 Å². The van der Waals surface area contributed by atoms with Crippen molar-refractivity contribution in [2.45, 2.75) is 51.0 Å². The van der Waals surface area contributed by atoms with E-state index in [0.717, 1.165) is 68.8 Å². The topological polar surface area (TPSA) is 89.2 Å². The zero-order valence-electron chi connectivity index (χ0n) is 17.6. The SMILES string of the molecule is N=C(c1ccc(C2=NOC(CN3CCC(CC(=O)O)CC3)C2)cc1)N1CCCCC1. The van der Waals surface area contributed by atoms with Gasteiger partial charge in [-0.05, 0) is 56.7 Å². The second kappa shape index (κ2) is 9.60. The molecule has 3 aliphatic heterocycles. The first-order valence-electron chi connectivity index (χ1n) is 11.2. The van der Waals surface area contributed by atoms with Gasteiger partial charge in [-0.1, -0.05) is 29.4 Å². The minimum atomic E-state index is -0.692. The summed E-state index contributed by atoms with van der Waals surface area (Å²) in [6.07, 6.45) is 6.63. The first kappa shape index (κ1) is 20.8. The van der Waals surface area contributed by atoms with Crippen molar-refractivity contribution in [3.63, 3.8) is 0 Å². The normalized spacial score (nSPS) is 23.1. The van der Waals surface area contributed by atoms with E-state index in [-0.39, 0.29) is 12.5 Å². The smallest absolute Gasteiger partial charge is 0.303 e. The van der Waals surface area contributed by atoms with Crippen molar-refractivity contribution in [1.29, 1.82) is 5.41 Å². The Morgan fingerprint density at radius 1 is 1.10 bits per heavy atom. The van der Waals surface area contributed by atoms with Crippen LogP contribution in [0, 0.1) is 11.3 Å². The Balaban J connectivity index is 1.25. The monoisotopic (exact) mass is 412 g/mol. The zero-order chi connectivity index (χ0) is 20.9. The number of nitrogens with zero attached hydrogens (tertiary/aromatic N) is 3. The van der Waals surface area contributed by atoms with Gasteiger partial charge in [0.1, 0.15) is 11.9 Å². The quantitative estimate of drug-likeness (QED) is 0.553. The summed E-state index contributed by atoms with van der Waals surface area (Å²) in [5, 5.41) is 21.7. The fourth-order valence-corrected chi connectivity index (χ4v) is 4.73. The Labute approximate surface area is 178 Å². The number of piperidine rings is 2. The molecule has 0 aliphatic carbocycles. The van der Waals surface area contributed by atoms with Gasteiger partial charge in [-0.15, -0.1) is 0 Å². The van der Waals surface area contributed by atoms with E-state index in [1.807, 2.05) is 12.1 Å². The number of aliphatic carboxylic acids is 1. The number of likely N-dealkylation sites (tertiary alicyclic amines) is 2. The van der Waals surface area contributed by atoms with Gasteiger partial charge in [0.15, 0.2) is 0 Å². The van der Waals surface area contributed by atoms with Gasteiger partial charge in [-0.2, -0.15) is 0 Å². The lowest BCUT2D eigenvalue weighted by molar-refractivity contribution is -0.138. The highest BCUT2D eigenvalue weighted by molar-refractivity contribution is 6.02. The number of carbonyl (C=O) groups is 1. The van der Waals surface area contributed by atoms with Gasteiger partial charge in [-0.25, -0.2) is 0 Å². The van der Waals surface area contributed by atoms with E-state index in [4.69, 9.17) is 15.4 Å². The number of carboxylic acids is 1. The molecule has 1 aromatic carbocycles. The maximum Gasteiger partial charge on any atom is 0.303 e. The van der Waals surface area contributed by atoms with Crippen LogP contribution in [0.2, 0.25) is 0 Å². The predicted octanol–water partition coefficient (Wildman–Crippen LogP) is 3.18. The second-order valence-corrected chi connectivity index (χ2v) is 8.79. The molecule has 7 heteroatoms. The molecule has 0 amide bonds. The lowest BCUT2D eigenvalue weighted by Crippen LogP contribution is -2.39. The number of oxime groups is 1. The molecule has 7 nitrogen and oxygen atoms in total. The average Bonchev–Trinajstić information content (AvgIpc) is 3.23. The fourth-order valence-electron chi connectivity index (χ4n) is 4.73. The van der Waals surface area contributed by atoms with Gasteiger partial charge in [0.2, 0.25) is 0 Å². The molecule has 2 N–H and O–H groups in total. The van der Waals surface area contributed by atoms with Crippen LogP contribution in [-0.4, -0.2) is 71.3 Å². The molecule has 30 heavy (non-hydrogen) atoms. The van der Waals surface area contributed by atoms with E-state index < -0.39 is 5.97 Å². The summed E-state index contributed by atoms with van der Waals surface area (Å²) in [5.41, 5.74) is 2.99. The van der Waals surface area contributed by atoms with Gasteiger partial charge in [0.05, 0.1) is 5.71 Å². The summed E-state index contributed by atoms with van der Waals surface area (Å²) in [5.74, 6) is 0.231. The third kappa shape index (κ3) is 5.19. The van der Waals surface area contributed by atoms with Gasteiger partial charge < -0.3 is 14.8 Å². The van der Waals surface area contributed by atoms with E-state index >= 15 is 0 Å². The molecule has 1 atom stereocenters. The minimum absolute atomic E-state index is 0.0577. The number of benzene rings is 1. The maximum atomic E-state index is 10.9. The molecule has 1 aromatic rings. The standard InChI is InChI=1S/C23H32N4O3/c24-23(27-10-2-1-3-11-27)19-6-4-18(5-7-19)21-15-20(30-25-21)16-26-12-8-17(9-13-26)14-22(28)29/h4-7,17,20,24H,1-3,8-16H2,(H,28,29). The molecule has 3 aliphatic rings. The van der Waals surface area contributed by atoms with E-state index in [0.29, 0.717) is 11.8 Å². The molecule has 0 aromatic heterocycles. The highest BCUT2D eigenvalue weighted by atomic mass is 16.6. The molecule has 0 saturated carbocycles. The average molecular weight is 413 g/mol. The van der Waals surface area contributed by atoms with Gasteiger partial charge in [0.25, 0.3) is 0 Å². The molecule has 2 fully saturated rings. The number of rotatable bonds is 6. The summed E-state index contributed by atoms with van der Waals surface area (Å²) < 4.78 is 0. The first-order valence-corrected chi connectivity index (χ1v) is 11.2. The van der Waals surface area contributed by atoms with E-state index in [2.05, 4.69) is 27.1 Å². The number of nitrogens with one attached hydrogen (secondary N) is 1. The van der Waals surface area contributed by atoms with Crippen molar-refractivity contribution in [2.75, 3.05) is 32.7 Å². The molecule has 0 radical (unpaired) electrons. The minimum Gasteiger partial charge on any atom is -0.481 e. The van der Waals surface area contributed by atoms with Crippen LogP contribution in [0.3, 0.4) is 0 Å². The Morgan fingerprint density at radius 2 is 1.80 bits per heavy atom. The maximum absolute atomic E-state index is 10.9. The summed E-state index contributed by atoms with van der Waals surface area (Å²) in [6.45, 7) is 4.66. The molecule has 2 saturated heterocycles. The summed E-state index contributed by atoms with van der Waals surface area (Å²) >= 11 is 0. The molecule has 0 spiro atoms. The van der Waals surface area contributed by atoms with Crippen molar-refractivity contribution in [1.82, 2.24) is 9.80 Å². The largest absolute Gasteiger partial charge is 0.481 e. The summed E-state index contributed by atoms with van der Waals surface area (Å²) in [6, 6.07) is 8.15. The third-order valence-corrected chi connectivity index (χ3v) is 6.53. The van der Waals surface area contributed by atoms with Crippen molar-refractivity contribution in [3.05, 3.63) is 35.4 Å². The molecule has 162 valence electrons. The van der Waals surface area contributed by atoms with Gasteiger partial charge >= 0.3 is 5.97 Å². The number of hydrogen-bond acceptors (Lipinski definition) is 5. The highest BCUT2D eigenvalue weighted by Crippen LogP contribution is 2.23. The highest BCUT2D eigenvalue weighted by Gasteiger charge is 2.28. The first-order chi connectivity index (χ1) is 14.6. The molecular formula is C23H32N4O3. The summed E-state index contributed by atoms with van der Waals surface area (Å²) in [4.78, 5) is 21.1. The number of carboxylic acid groups (broad SMARTS) is 1. The van der Waals surface area contributed by atoms with Gasteiger partial charge in [-0.3, -0.25) is 15.1 Å². The van der Waals surface area contributed by atoms with Crippen LogP contribution in [0.5, 0.6) is 0 Å². The van der Waals surface area contributed by atoms with E-state index in [1.165, 1.54) is 19.3 Å². The Bertz CT molecular complexity index is 778. The Morgan fingerprint density at radius 3 is 2.47 bits per heavy atom.